The molecule has 7 heteroatoms. The number of unbranched alkanes of at least 4 members (excludes halogenated alkanes) is 2. The highest BCUT2D eigenvalue weighted by Crippen LogP contribution is 2.31. The SMILES string of the molecule is CCCCC[C@H](O)C[C@@H]1CCC[C@@H](C[C@H](C[C@@H]2C[C@H](OCc3ccccc3)C[C@H](CC(O)CO)O2)OC)O1. The van der Waals surface area contributed by atoms with Crippen LogP contribution in [-0.2, 0) is 25.6 Å². The van der Waals surface area contributed by atoms with Gasteiger partial charge in [-0.3, -0.25) is 0 Å². The van der Waals surface area contributed by atoms with Gasteiger partial charge in [0, 0.05) is 13.5 Å². The number of hydrogen-bond donors (Lipinski definition) is 3. The van der Waals surface area contributed by atoms with Gasteiger partial charge in [-0.15, -0.1) is 0 Å². The molecule has 218 valence electrons. The molecular formula is C31H52O7. The van der Waals surface area contributed by atoms with Crippen molar-refractivity contribution < 1.29 is 34.3 Å². The Morgan fingerprint density at radius 3 is 2.18 bits per heavy atom. The zero-order chi connectivity index (χ0) is 27.2. The molecular weight excluding hydrogens is 484 g/mol. The highest BCUT2D eigenvalue weighted by Gasteiger charge is 2.34. The van der Waals surface area contributed by atoms with Crippen LogP contribution in [-0.4, -0.2) is 77.9 Å². The first-order valence-electron chi connectivity index (χ1n) is 14.9. The van der Waals surface area contributed by atoms with Crippen molar-refractivity contribution in [3.8, 4) is 0 Å². The number of methoxy groups -OCH3 is 1. The molecule has 0 aliphatic carbocycles. The molecule has 2 heterocycles. The first-order valence-corrected chi connectivity index (χ1v) is 14.9. The van der Waals surface area contributed by atoms with E-state index in [1.54, 1.807) is 7.11 Å². The lowest BCUT2D eigenvalue weighted by atomic mass is 9.91. The van der Waals surface area contributed by atoms with Crippen LogP contribution in [0.15, 0.2) is 30.3 Å². The summed E-state index contributed by atoms with van der Waals surface area (Å²) in [7, 11) is 1.75. The predicted molar refractivity (Wildman–Crippen MR) is 148 cm³/mol. The molecule has 8 atom stereocenters. The quantitative estimate of drug-likeness (QED) is 0.243. The van der Waals surface area contributed by atoms with Crippen molar-refractivity contribution >= 4 is 0 Å². The normalized spacial score (nSPS) is 28.6. The average molecular weight is 537 g/mol. The first-order chi connectivity index (χ1) is 18.5. The van der Waals surface area contributed by atoms with Gasteiger partial charge in [-0.25, -0.2) is 0 Å². The predicted octanol–water partition coefficient (Wildman–Crippen LogP) is 4.93. The Morgan fingerprint density at radius 1 is 0.868 bits per heavy atom. The van der Waals surface area contributed by atoms with Crippen LogP contribution in [0.25, 0.3) is 0 Å². The minimum Gasteiger partial charge on any atom is -0.394 e. The van der Waals surface area contributed by atoms with Gasteiger partial charge in [0.2, 0.25) is 0 Å². The maximum absolute atomic E-state index is 10.4. The van der Waals surface area contributed by atoms with Gasteiger partial charge in [0.25, 0.3) is 0 Å². The van der Waals surface area contributed by atoms with Gasteiger partial charge in [-0.05, 0) is 63.4 Å². The molecule has 0 aromatic heterocycles. The van der Waals surface area contributed by atoms with E-state index >= 15 is 0 Å². The molecule has 0 spiro atoms. The molecule has 1 aromatic carbocycles. The third kappa shape index (κ3) is 11.6. The van der Waals surface area contributed by atoms with Gasteiger partial charge in [-0.1, -0.05) is 56.5 Å². The van der Waals surface area contributed by atoms with Crippen LogP contribution < -0.4 is 0 Å². The van der Waals surface area contributed by atoms with Crippen molar-refractivity contribution in [2.24, 2.45) is 0 Å². The molecule has 2 saturated heterocycles. The second kappa shape index (κ2) is 17.6. The fourth-order valence-corrected chi connectivity index (χ4v) is 5.93. The zero-order valence-corrected chi connectivity index (χ0v) is 23.6. The summed E-state index contributed by atoms with van der Waals surface area (Å²) in [6.07, 6.45) is 10.5. The van der Waals surface area contributed by atoms with E-state index in [1.165, 1.54) is 12.8 Å². The Kier molecular flexibility index (Phi) is 14.6. The highest BCUT2D eigenvalue weighted by atomic mass is 16.5. The zero-order valence-electron chi connectivity index (χ0n) is 23.6. The van der Waals surface area contributed by atoms with Gasteiger partial charge in [0.1, 0.15) is 0 Å². The summed E-state index contributed by atoms with van der Waals surface area (Å²) in [4.78, 5) is 0. The smallest absolute Gasteiger partial charge is 0.0795 e. The van der Waals surface area contributed by atoms with Gasteiger partial charge >= 0.3 is 0 Å². The summed E-state index contributed by atoms with van der Waals surface area (Å²) in [5, 5.41) is 29.8. The van der Waals surface area contributed by atoms with Gasteiger partial charge < -0.3 is 34.3 Å². The summed E-state index contributed by atoms with van der Waals surface area (Å²) in [6, 6.07) is 10.2. The molecule has 0 bridgehead atoms. The Bertz CT molecular complexity index is 732. The van der Waals surface area contributed by atoms with E-state index in [0.717, 1.165) is 63.4 Å². The summed E-state index contributed by atoms with van der Waals surface area (Å²) >= 11 is 0. The van der Waals surface area contributed by atoms with E-state index in [1.807, 2.05) is 18.2 Å². The molecule has 1 unspecified atom stereocenters. The van der Waals surface area contributed by atoms with Crippen molar-refractivity contribution in [1.82, 2.24) is 0 Å². The van der Waals surface area contributed by atoms with Gasteiger partial charge in [0.05, 0.1) is 62.0 Å². The number of benzene rings is 1. The second-order valence-electron chi connectivity index (χ2n) is 11.4. The Balaban J connectivity index is 1.51. The Hall–Kier alpha value is -1.06. The van der Waals surface area contributed by atoms with Crippen molar-refractivity contribution in [2.75, 3.05) is 13.7 Å². The maximum atomic E-state index is 10.4. The van der Waals surface area contributed by atoms with Crippen molar-refractivity contribution in [3.05, 3.63) is 35.9 Å². The summed E-state index contributed by atoms with van der Waals surface area (Å²) in [6.45, 7) is 2.46. The van der Waals surface area contributed by atoms with E-state index in [4.69, 9.17) is 18.9 Å². The van der Waals surface area contributed by atoms with Crippen molar-refractivity contribution in [3.63, 3.8) is 0 Å². The molecule has 1 aromatic rings. The molecule has 3 rings (SSSR count). The maximum Gasteiger partial charge on any atom is 0.0795 e. The van der Waals surface area contributed by atoms with Crippen LogP contribution in [0.5, 0.6) is 0 Å². The second-order valence-corrected chi connectivity index (χ2v) is 11.4. The molecule has 0 saturated carbocycles. The monoisotopic (exact) mass is 536 g/mol. The summed E-state index contributed by atoms with van der Waals surface area (Å²) in [5.74, 6) is 0. The molecule has 2 aliphatic heterocycles. The van der Waals surface area contributed by atoms with E-state index in [0.29, 0.717) is 19.4 Å². The fourth-order valence-electron chi connectivity index (χ4n) is 5.93. The number of aliphatic hydroxyl groups excluding tert-OH is 3. The molecule has 0 radical (unpaired) electrons. The lowest BCUT2D eigenvalue weighted by molar-refractivity contribution is -0.145. The van der Waals surface area contributed by atoms with E-state index < -0.39 is 6.10 Å². The summed E-state index contributed by atoms with van der Waals surface area (Å²) in [5.41, 5.74) is 1.14. The van der Waals surface area contributed by atoms with Crippen LogP contribution in [0.4, 0.5) is 0 Å². The van der Waals surface area contributed by atoms with Crippen LogP contribution in [0.3, 0.4) is 0 Å². The number of ether oxygens (including phenoxy) is 4. The average Bonchev–Trinajstić information content (AvgIpc) is 2.92. The lowest BCUT2D eigenvalue weighted by Crippen LogP contribution is -2.41. The molecule has 3 N–H and O–H groups in total. The number of hydrogen-bond acceptors (Lipinski definition) is 7. The van der Waals surface area contributed by atoms with Gasteiger partial charge in [-0.2, -0.15) is 0 Å². The van der Waals surface area contributed by atoms with Crippen LogP contribution in [0, 0.1) is 0 Å². The molecule has 38 heavy (non-hydrogen) atoms. The third-order valence-electron chi connectivity index (χ3n) is 8.01. The molecule has 2 aliphatic rings. The van der Waals surface area contributed by atoms with Crippen LogP contribution in [0.2, 0.25) is 0 Å². The third-order valence-corrected chi connectivity index (χ3v) is 8.01. The van der Waals surface area contributed by atoms with E-state index in [2.05, 4.69) is 19.1 Å². The fraction of sp³-hybridized carbons (Fsp3) is 0.806. The van der Waals surface area contributed by atoms with Crippen LogP contribution >= 0.6 is 0 Å². The number of rotatable bonds is 17. The Morgan fingerprint density at radius 2 is 1.50 bits per heavy atom. The standard InChI is InChI=1S/C31H52O7/c1-3-4-6-12-24(33)15-26-13-9-14-27(37-26)17-28(35-2)18-31-20-29(19-30(38-31)16-25(34)21-32)36-22-23-10-7-5-8-11-23/h5,7-8,10-11,24-34H,3-4,6,9,12-22H2,1-2H3/t24-,25?,26-,27-,28+,29+,30-,31+/m0/s1. The van der Waals surface area contributed by atoms with E-state index in [-0.39, 0.29) is 49.3 Å². The highest BCUT2D eigenvalue weighted by molar-refractivity contribution is 5.13. The topological polar surface area (TPSA) is 97.6 Å². The molecule has 2 fully saturated rings. The Labute approximate surface area is 229 Å². The van der Waals surface area contributed by atoms with Crippen molar-refractivity contribution in [1.29, 1.82) is 0 Å². The first kappa shape index (κ1) is 31.5. The minimum absolute atomic E-state index is 0.00508. The van der Waals surface area contributed by atoms with Crippen molar-refractivity contribution in [2.45, 2.75) is 146 Å². The van der Waals surface area contributed by atoms with Gasteiger partial charge in [0.15, 0.2) is 0 Å². The molecule has 0 amide bonds. The lowest BCUT2D eigenvalue weighted by Gasteiger charge is -2.38. The summed E-state index contributed by atoms with van der Waals surface area (Å²) < 4.78 is 25.0. The largest absolute Gasteiger partial charge is 0.394 e. The van der Waals surface area contributed by atoms with E-state index in [9.17, 15) is 15.3 Å². The number of aliphatic hydroxyl groups is 3. The minimum atomic E-state index is -0.795. The molecule has 7 nitrogen and oxygen atoms in total. The van der Waals surface area contributed by atoms with Crippen LogP contribution in [0.1, 0.15) is 96.0 Å².